The molecule has 1 aromatic carbocycles. The maximum Gasteiger partial charge on any atom is 0.252 e. The zero-order valence-electron chi connectivity index (χ0n) is 13.1. The number of carbonyl (C=O) groups excluding carboxylic acids is 1. The first-order valence-corrected chi connectivity index (χ1v) is 10.8. The minimum absolute atomic E-state index is 0.147. The number of hydrogen-bond donors (Lipinski definition) is 1. The molecule has 1 amide bonds. The highest BCUT2D eigenvalue weighted by atomic mass is 35.5. The lowest BCUT2D eigenvalue weighted by Gasteiger charge is -2.30. The van der Waals surface area contributed by atoms with E-state index in [1.807, 2.05) is 0 Å². The van der Waals surface area contributed by atoms with E-state index >= 15 is 0 Å². The lowest BCUT2D eigenvalue weighted by Crippen LogP contribution is -2.43. The van der Waals surface area contributed by atoms with Crippen molar-refractivity contribution in [3.05, 3.63) is 45.8 Å². The van der Waals surface area contributed by atoms with Gasteiger partial charge in [0, 0.05) is 13.1 Å². The van der Waals surface area contributed by atoms with Crippen LogP contribution in [0, 0.1) is 5.92 Å². The molecule has 3 rings (SSSR count). The van der Waals surface area contributed by atoms with Crippen LogP contribution in [-0.2, 0) is 14.8 Å². The monoisotopic (exact) mass is 418 g/mol. The summed E-state index contributed by atoms with van der Waals surface area (Å²) in [5.74, 6) is -0.725. The van der Waals surface area contributed by atoms with Crippen molar-refractivity contribution in [2.75, 3.05) is 18.4 Å². The van der Waals surface area contributed by atoms with E-state index in [-0.39, 0.29) is 12.5 Å². The van der Waals surface area contributed by atoms with Crippen molar-refractivity contribution in [3.8, 4) is 0 Å². The number of halogens is 2. The van der Waals surface area contributed by atoms with Crippen LogP contribution >= 0.6 is 34.5 Å². The van der Waals surface area contributed by atoms with Gasteiger partial charge in [-0.25, -0.2) is 8.42 Å². The van der Waals surface area contributed by atoms with Crippen molar-refractivity contribution in [2.45, 2.75) is 17.1 Å². The van der Waals surface area contributed by atoms with Gasteiger partial charge in [-0.05, 0) is 36.4 Å². The van der Waals surface area contributed by atoms with Crippen LogP contribution in [-0.4, -0.2) is 31.7 Å². The van der Waals surface area contributed by atoms with Gasteiger partial charge >= 0.3 is 0 Å². The lowest BCUT2D eigenvalue weighted by molar-refractivity contribution is -0.120. The Bertz CT molecular complexity index is 849. The van der Waals surface area contributed by atoms with Crippen molar-refractivity contribution in [3.63, 3.8) is 0 Å². The van der Waals surface area contributed by atoms with Crippen LogP contribution in [0.2, 0.25) is 10.0 Å². The molecule has 2 heterocycles. The van der Waals surface area contributed by atoms with Gasteiger partial charge in [-0.3, -0.25) is 4.79 Å². The van der Waals surface area contributed by atoms with E-state index in [9.17, 15) is 13.2 Å². The Labute approximate surface area is 160 Å². The number of rotatable bonds is 4. The van der Waals surface area contributed by atoms with E-state index in [1.54, 1.807) is 35.7 Å². The summed E-state index contributed by atoms with van der Waals surface area (Å²) < 4.78 is 27.0. The van der Waals surface area contributed by atoms with E-state index in [2.05, 4.69) is 5.32 Å². The van der Waals surface area contributed by atoms with Gasteiger partial charge < -0.3 is 5.32 Å². The fourth-order valence-corrected chi connectivity index (χ4v) is 5.92. The third-order valence-corrected chi connectivity index (χ3v) is 7.92. The maximum absolute atomic E-state index is 12.6. The van der Waals surface area contributed by atoms with Gasteiger partial charge in [0.05, 0.1) is 21.7 Å². The molecule has 1 aliphatic rings. The quantitative estimate of drug-likeness (QED) is 0.812. The molecule has 1 saturated heterocycles. The molecule has 0 saturated carbocycles. The number of hydrogen-bond acceptors (Lipinski definition) is 4. The molecule has 0 bridgehead atoms. The summed E-state index contributed by atoms with van der Waals surface area (Å²) in [6, 6.07) is 8.24. The number of para-hydroxylation sites is 1. The van der Waals surface area contributed by atoms with Crippen molar-refractivity contribution >= 4 is 56.2 Å². The first kappa shape index (κ1) is 18.7. The zero-order valence-corrected chi connectivity index (χ0v) is 16.3. The Morgan fingerprint density at radius 3 is 2.56 bits per heavy atom. The second kappa shape index (κ2) is 7.63. The summed E-state index contributed by atoms with van der Waals surface area (Å²) in [5.41, 5.74) is 0.356. The molecule has 1 aliphatic heterocycles. The minimum atomic E-state index is -3.55. The number of nitrogens with one attached hydrogen (secondary N) is 1. The SMILES string of the molecule is O=C(Nc1c(Cl)cccc1Cl)[C@@H]1CCCN(S(=O)(=O)c2cccs2)C1. The Hall–Kier alpha value is -1.12. The number of sulfonamides is 1. The molecule has 1 atom stereocenters. The van der Waals surface area contributed by atoms with E-state index in [4.69, 9.17) is 23.2 Å². The fraction of sp³-hybridized carbons (Fsp3) is 0.312. The standard InChI is InChI=1S/C16H16Cl2N2O3S2/c17-12-5-1-6-13(18)15(12)19-16(21)11-4-2-8-20(10-11)25(22,23)14-7-3-9-24-14/h1,3,5-7,9,11H,2,4,8,10H2,(H,19,21)/t11-/m1/s1. The van der Waals surface area contributed by atoms with E-state index in [1.165, 1.54) is 15.6 Å². The Morgan fingerprint density at radius 1 is 1.20 bits per heavy atom. The molecule has 1 fully saturated rings. The third kappa shape index (κ3) is 4.01. The Morgan fingerprint density at radius 2 is 1.92 bits per heavy atom. The number of nitrogens with zero attached hydrogens (tertiary/aromatic N) is 1. The first-order chi connectivity index (χ1) is 11.9. The molecular formula is C16H16Cl2N2O3S2. The normalized spacial score (nSPS) is 18.9. The van der Waals surface area contributed by atoms with E-state index in [0.29, 0.717) is 39.3 Å². The van der Waals surface area contributed by atoms with Crippen molar-refractivity contribution < 1.29 is 13.2 Å². The first-order valence-electron chi connectivity index (χ1n) is 7.68. The highest BCUT2D eigenvalue weighted by Crippen LogP contribution is 2.32. The number of benzene rings is 1. The summed E-state index contributed by atoms with van der Waals surface area (Å²) in [6.07, 6.45) is 1.24. The van der Waals surface area contributed by atoms with Crippen LogP contribution in [0.15, 0.2) is 39.9 Å². The molecule has 0 radical (unpaired) electrons. The molecule has 0 spiro atoms. The molecule has 1 N–H and O–H groups in total. The minimum Gasteiger partial charge on any atom is -0.323 e. The number of carbonyl (C=O) groups is 1. The molecule has 5 nitrogen and oxygen atoms in total. The second-order valence-corrected chi connectivity index (χ2v) is 9.65. The molecule has 0 aliphatic carbocycles. The molecule has 134 valence electrons. The van der Waals surface area contributed by atoms with Crippen molar-refractivity contribution in [1.82, 2.24) is 4.31 Å². The van der Waals surface area contributed by atoms with Gasteiger partial charge in [-0.15, -0.1) is 11.3 Å². The molecule has 1 aromatic heterocycles. The largest absolute Gasteiger partial charge is 0.323 e. The van der Waals surface area contributed by atoms with E-state index < -0.39 is 15.9 Å². The van der Waals surface area contributed by atoms with Gasteiger partial charge in [-0.1, -0.05) is 35.3 Å². The van der Waals surface area contributed by atoms with E-state index in [0.717, 1.165) is 0 Å². The smallest absolute Gasteiger partial charge is 0.252 e. The topological polar surface area (TPSA) is 66.5 Å². The average Bonchev–Trinajstić information content (AvgIpc) is 3.14. The van der Waals surface area contributed by atoms with Crippen LogP contribution < -0.4 is 5.32 Å². The van der Waals surface area contributed by atoms with Crippen LogP contribution in [0.4, 0.5) is 5.69 Å². The van der Waals surface area contributed by atoms with Crippen molar-refractivity contribution in [2.24, 2.45) is 5.92 Å². The Kier molecular flexibility index (Phi) is 5.70. The van der Waals surface area contributed by atoms with Gasteiger partial charge in [0.15, 0.2) is 0 Å². The molecule has 0 unspecified atom stereocenters. The summed E-state index contributed by atoms with van der Waals surface area (Å²) in [7, 11) is -3.55. The number of piperidine rings is 1. The van der Waals surface area contributed by atoms with Crippen LogP contribution in [0.5, 0.6) is 0 Å². The molecule has 9 heteroatoms. The highest BCUT2D eigenvalue weighted by Gasteiger charge is 2.34. The fourth-order valence-electron chi connectivity index (χ4n) is 2.75. The van der Waals surface area contributed by atoms with Gasteiger partial charge in [-0.2, -0.15) is 4.31 Å². The number of thiophene rings is 1. The van der Waals surface area contributed by atoms with Crippen LogP contribution in [0.25, 0.3) is 0 Å². The highest BCUT2D eigenvalue weighted by molar-refractivity contribution is 7.91. The third-order valence-electron chi connectivity index (χ3n) is 4.06. The summed E-state index contributed by atoms with van der Waals surface area (Å²) in [6.45, 7) is 0.561. The summed E-state index contributed by atoms with van der Waals surface area (Å²) >= 11 is 13.3. The van der Waals surface area contributed by atoms with Crippen LogP contribution in [0.3, 0.4) is 0 Å². The van der Waals surface area contributed by atoms with Gasteiger partial charge in [0.1, 0.15) is 4.21 Å². The molecule has 2 aromatic rings. The van der Waals surface area contributed by atoms with Gasteiger partial charge in [0.25, 0.3) is 10.0 Å². The average molecular weight is 419 g/mol. The Balaban J connectivity index is 1.74. The van der Waals surface area contributed by atoms with Crippen molar-refractivity contribution in [1.29, 1.82) is 0 Å². The zero-order chi connectivity index (χ0) is 18.0. The molecule has 25 heavy (non-hydrogen) atoms. The lowest BCUT2D eigenvalue weighted by atomic mass is 9.98. The maximum atomic E-state index is 12.6. The number of anilines is 1. The van der Waals surface area contributed by atoms with Gasteiger partial charge in [0.2, 0.25) is 5.91 Å². The predicted octanol–water partition coefficient (Wildman–Crippen LogP) is 4.09. The predicted molar refractivity (Wildman–Crippen MR) is 101 cm³/mol. The summed E-state index contributed by atoms with van der Waals surface area (Å²) in [5, 5.41) is 5.15. The molecular weight excluding hydrogens is 403 g/mol. The summed E-state index contributed by atoms with van der Waals surface area (Å²) in [4.78, 5) is 12.6. The second-order valence-electron chi connectivity index (χ2n) is 5.72. The number of amides is 1. The van der Waals surface area contributed by atoms with Crippen LogP contribution in [0.1, 0.15) is 12.8 Å².